The average molecular weight is 392 g/mol. The topological polar surface area (TPSA) is 56.2 Å². The predicted molar refractivity (Wildman–Crippen MR) is 92.6 cm³/mol. The summed E-state index contributed by atoms with van der Waals surface area (Å²) in [6.45, 7) is 2.75. The fraction of sp³-hybridized carbons (Fsp3) is 0.375. The third-order valence-electron chi connectivity index (χ3n) is 3.60. The first-order chi connectivity index (χ1) is 11.7. The minimum atomic E-state index is -2.97. The van der Waals surface area contributed by atoms with Gasteiger partial charge in [0.25, 0.3) is 0 Å². The average Bonchev–Trinajstić information content (AvgIpc) is 2.76. The van der Waals surface area contributed by atoms with Crippen LogP contribution in [0.1, 0.15) is 18.3 Å². The molecule has 0 aliphatic heterocycles. The van der Waals surface area contributed by atoms with Crippen LogP contribution in [0, 0.1) is 19.8 Å². The lowest BCUT2D eigenvalue weighted by Gasteiger charge is -2.14. The van der Waals surface area contributed by atoms with Crippen LogP contribution in [0.2, 0.25) is 10.0 Å². The second-order valence-electron chi connectivity index (χ2n) is 5.58. The lowest BCUT2D eigenvalue weighted by molar-refractivity contribution is -0.119. The number of nitrogens with zero attached hydrogens (tertiary/aromatic N) is 2. The van der Waals surface area contributed by atoms with Crippen LogP contribution < -0.4 is 10.1 Å². The molecule has 0 aliphatic rings. The molecule has 0 saturated heterocycles. The van der Waals surface area contributed by atoms with Crippen LogP contribution in [0.5, 0.6) is 5.75 Å². The molecule has 0 radical (unpaired) electrons. The van der Waals surface area contributed by atoms with E-state index in [1.165, 1.54) is 18.2 Å². The summed E-state index contributed by atoms with van der Waals surface area (Å²) in [5.41, 5.74) is 1.87. The monoisotopic (exact) mass is 391 g/mol. The number of ether oxygens (including phenoxy) is 1. The van der Waals surface area contributed by atoms with Gasteiger partial charge in [-0.2, -0.15) is 13.9 Å². The number of benzene rings is 1. The number of nitrogens with one attached hydrogen (secondary N) is 1. The Morgan fingerprint density at radius 3 is 2.56 bits per heavy atom. The van der Waals surface area contributed by atoms with Crippen molar-refractivity contribution in [3.8, 4) is 5.75 Å². The van der Waals surface area contributed by atoms with E-state index in [0.717, 1.165) is 5.69 Å². The van der Waals surface area contributed by atoms with Gasteiger partial charge in [-0.3, -0.25) is 9.48 Å². The first-order valence-electron chi connectivity index (χ1n) is 7.43. The maximum absolute atomic E-state index is 12.3. The minimum Gasteiger partial charge on any atom is -0.433 e. The summed E-state index contributed by atoms with van der Waals surface area (Å²) in [6.07, 6.45) is 0. The van der Waals surface area contributed by atoms with Crippen molar-refractivity contribution in [1.82, 2.24) is 9.78 Å². The molecule has 1 amide bonds. The van der Waals surface area contributed by atoms with Crippen molar-refractivity contribution >= 4 is 34.8 Å². The molecule has 25 heavy (non-hydrogen) atoms. The molecule has 0 fully saturated rings. The number of halogens is 4. The second kappa shape index (κ2) is 8.01. The Morgan fingerprint density at radius 1 is 1.36 bits per heavy atom. The van der Waals surface area contributed by atoms with Gasteiger partial charge in [0.15, 0.2) is 0 Å². The van der Waals surface area contributed by atoms with Crippen molar-refractivity contribution in [3.63, 3.8) is 0 Å². The molecule has 9 heteroatoms. The smallest absolute Gasteiger partial charge is 0.387 e. The molecule has 1 atom stereocenters. The highest BCUT2D eigenvalue weighted by atomic mass is 35.5. The number of aromatic nitrogens is 2. The molecule has 0 aliphatic carbocycles. The van der Waals surface area contributed by atoms with Gasteiger partial charge in [-0.25, -0.2) is 0 Å². The number of hydrogen-bond donors (Lipinski definition) is 1. The summed E-state index contributed by atoms with van der Waals surface area (Å²) in [5.74, 6) is -0.813. The summed E-state index contributed by atoms with van der Waals surface area (Å²) in [5, 5.41) is 7.53. The Hall–Kier alpha value is -1.86. The molecule has 1 unspecified atom stereocenters. The lowest BCUT2D eigenvalue weighted by atomic mass is 10.1. The van der Waals surface area contributed by atoms with Gasteiger partial charge in [0.2, 0.25) is 5.91 Å². The highest BCUT2D eigenvalue weighted by molar-refractivity contribution is 6.32. The Kier molecular flexibility index (Phi) is 6.24. The molecular formula is C16H17Cl2F2N3O2. The fourth-order valence-electron chi connectivity index (χ4n) is 2.23. The molecule has 136 valence electrons. The first-order valence-corrected chi connectivity index (χ1v) is 8.19. The number of hydrogen-bond acceptors (Lipinski definition) is 3. The Labute approximate surface area is 153 Å². The van der Waals surface area contributed by atoms with E-state index in [9.17, 15) is 13.6 Å². The molecule has 1 N–H and O–H groups in total. The van der Waals surface area contributed by atoms with E-state index in [0.29, 0.717) is 22.9 Å². The van der Waals surface area contributed by atoms with Crippen LogP contribution in [0.15, 0.2) is 18.2 Å². The van der Waals surface area contributed by atoms with Crippen LogP contribution in [0.25, 0.3) is 0 Å². The highest BCUT2D eigenvalue weighted by Crippen LogP contribution is 2.29. The maximum Gasteiger partial charge on any atom is 0.387 e. The minimum absolute atomic E-state index is 0.0175. The zero-order chi connectivity index (χ0) is 18.7. The molecule has 1 aromatic heterocycles. The van der Waals surface area contributed by atoms with E-state index in [1.54, 1.807) is 18.5 Å². The number of amides is 1. The molecule has 0 spiro atoms. The molecule has 2 rings (SSSR count). The Balaban J connectivity index is 2.03. The molecule has 2 aromatic rings. The fourth-order valence-corrected chi connectivity index (χ4v) is 2.59. The van der Waals surface area contributed by atoms with Gasteiger partial charge >= 0.3 is 6.61 Å². The van der Waals surface area contributed by atoms with E-state index >= 15 is 0 Å². The SMILES string of the molecule is Cc1nn(CC(C)C(=O)Nc2ccc(OC(F)F)c(Cl)c2)c(C)c1Cl. The summed E-state index contributed by atoms with van der Waals surface area (Å²) in [6, 6.07) is 4.06. The van der Waals surface area contributed by atoms with E-state index in [1.807, 2.05) is 6.92 Å². The quantitative estimate of drug-likeness (QED) is 0.777. The van der Waals surface area contributed by atoms with Crippen molar-refractivity contribution in [2.75, 3.05) is 5.32 Å². The molecule has 5 nitrogen and oxygen atoms in total. The molecule has 0 bridgehead atoms. The number of anilines is 1. The van der Waals surface area contributed by atoms with Crippen LogP contribution in [-0.4, -0.2) is 22.3 Å². The Bertz CT molecular complexity index is 781. The molecule has 0 saturated carbocycles. The first kappa shape index (κ1) is 19.5. The zero-order valence-corrected chi connectivity index (χ0v) is 15.3. The normalized spacial score (nSPS) is 12.3. The highest BCUT2D eigenvalue weighted by Gasteiger charge is 2.18. The number of rotatable bonds is 6. The van der Waals surface area contributed by atoms with Gasteiger partial charge in [0, 0.05) is 5.69 Å². The summed E-state index contributed by atoms with van der Waals surface area (Å²) in [4.78, 5) is 12.3. The maximum atomic E-state index is 12.3. The van der Waals surface area contributed by atoms with E-state index in [4.69, 9.17) is 23.2 Å². The number of carbonyl (C=O) groups excluding carboxylic acids is 1. The third-order valence-corrected chi connectivity index (χ3v) is 4.45. The zero-order valence-electron chi connectivity index (χ0n) is 13.8. The van der Waals surface area contributed by atoms with Crippen molar-refractivity contribution in [2.24, 2.45) is 5.92 Å². The lowest BCUT2D eigenvalue weighted by Crippen LogP contribution is -2.25. The van der Waals surface area contributed by atoms with Crippen molar-refractivity contribution in [1.29, 1.82) is 0 Å². The van der Waals surface area contributed by atoms with Crippen molar-refractivity contribution < 1.29 is 18.3 Å². The van der Waals surface area contributed by atoms with Gasteiger partial charge in [0.1, 0.15) is 5.75 Å². The molecule has 1 heterocycles. The second-order valence-corrected chi connectivity index (χ2v) is 6.37. The third kappa shape index (κ3) is 4.83. The van der Waals surface area contributed by atoms with Crippen molar-refractivity contribution in [3.05, 3.63) is 39.6 Å². The van der Waals surface area contributed by atoms with Crippen LogP contribution >= 0.6 is 23.2 Å². The van der Waals surface area contributed by atoms with Crippen LogP contribution in [0.4, 0.5) is 14.5 Å². The van der Waals surface area contributed by atoms with E-state index in [-0.39, 0.29) is 16.7 Å². The van der Waals surface area contributed by atoms with E-state index in [2.05, 4.69) is 15.2 Å². The van der Waals surface area contributed by atoms with Crippen LogP contribution in [-0.2, 0) is 11.3 Å². The largest absolute Gasteiger partial charge is 0.433 e. The number of carbonyl (C=O) groups is 1. The number of alkyl halides is 2. The standard InChI is InChI=1S/C16H17Cl2F2N3O2/c1-8(7-23-10(3)14(18)9(2)22-23)15(24)21-11-4-5-13(12(17)6-11)25-16(19)20/h4-6,8,16H,7H2,1-3H3,(H,21,24). The van der Waals surface area contributed by atoms with Gasteiger partial charge in [-0.1, -0.05) is 30.1 Å². The van der Waals surface area contributed by atoms with Gasteiger partial charge in [0.05, 0.1) is 33.9 Å². The Morgan fingerprint density at radius 2 is 2.04 bits per heavy atom. The summed E-state index contributed by atoms with van der Waals surface area (Å²) < 4.78 is 30.4. The molecular weight excluding hydrogens is 375 g/mol. The van der Waals surface area contributed by atoms with E-state index < -0.39 is 12.5 Å². The van der Waals surface area contributed by atoms with Gasteiger partial charge in [-0.05, 0) is 32.0 Å². The number of aryl methyl sites for hydroxylation is 1. The van der Waals surface area contributed by atoms with Crippen LogP contribution in [0.3, 0.4) is 0 Å². The summed E-state index contributed by atoms with van der Waals surface area (Å²) in [7, 11) is 0. The van der Waals surface area contributed by atoms with Gasteiger partial charge < -0.3 is 10.1 Å². The predicted octanol–water partition coefficient (Wildman–Crippen LogP) is 4.68. The van der Waals surface area contributed by atoms with Crippen molar-refractivity contribution in [2.45, 2.75) is 33.9 Å². The molecule has 1 aromatic carbocycles. The summed E-state index contributed by atoms with van der Waals surface area (Å²) >= 11 is 12.0. The van der Waals surface area contributed by atoms with Gasteiger partial charge in [-0.15, -0.1) is 0 Å².